The van der Waals surface area contributed by atoms with Crippen molar-refractivity contribution < 1.29 is 4.79 Å². The number of piperidine rings is 1. The molecule has 0 radical (unpaired) electrons. The van der Waals surface area contributed by atoms with Gasteiger partial charge >= 0.3 is 0 Å². The Morgan fingerprint density at radius 3 is 2.79 bits per heavy atom. The molecule has 1 aromatic carbocycles. The molecule has 0 aliphatic carbocycles. The van der Waals surface area contributed by atoms with Crippen LogP contribution in [0.3, 0.4) is 0 Å². The molecule has 2 aliphatic heterocycles. The highest BCUT2D eigenvalue weighted by atomic mass is 16.1. The fourth-order valence-corrected chi connectivity index (χ4v) is 4.23. The van der Waals surface area contributed by atoms with Crippen molar-refractivity contribution in [2.45, 2.75) is 57.8 Å². The quantitative estimate of drug-likeness (QED) is 0.338. The number of aliphatic imine (C=N–C) groups is 1. The third-order valence-corrected chi connectivity index (χ3v) is 5.81. The number of nitrogens with zero attached hydrogens (tertiary/aromatic N) is 2. The standard InChI is InChI=1S/C23H37N5O/c1-2-24-23(25-13-7-3-8-14-28-15-9-4-10-16-28)26-18-19-17-22(29)27-21-12-6-5-11-20(19)21/h5-6,11-12,19H,2-4,7-10,13-18H2,1H3,(H,27,29)(H2,24,25,26). The Bertz CT molecular complexity index is 669. The van der Waals surface area contributed by atoms with Gasteiger partial charge < -0.3 is 20.9 Å². The molecule has 1 saturated heterocycles. The molecule has 29 heavy (non-hydrogen) atoms. The summed E-state index contributed by atoms with van der Waals surface area (Å²) < 4.78 is 0. The summed E-state index contributed by atoms with van der Waals surface area (Å²) in [5, 5.41) is 9.75. The van der Waals surface area contributed by atoms with Crippen LogP contribution in [-0.4, -0.2) is 56.0 Å². The smallest absolute Gasteiger partial charge is 0.225 e. The number of para-hydroxylation sites is 1. The van der Waals surface area contributed by atoms with E-state index in [9.17, 15) is 4.79 Å². The van der Waals surface area contributed by atoms with Crippen molar-refractivity contribution in [2.75, 3.05) is 44.6 Å². The lowest BCUT2D eigenvalue weighted by Crippen LogP contribution is -2.38. The summed E-state index contributed by atoms with van der Waals surface area (Å²) >= 11 is 0. The fraction of sp³-hybridized carbons (Fsp3) is 0.652. The average molecular weight is 400 g/mol. The molecule has 0 aromatic heterocycles. The normalized spacial score (nSPS) is 20.1. The molecule has 0 saturated carbocycles. The van der Waals surface area contributed by atoms with Crippen molar-refractivity contribution in [3.63, 3.8) is 0 Å². The third kappa shape index (κ3) is 7.03. The Labute approximate surface area is 175 Å². The highest BCUT2D eigenvalue weighted by molar-refractivity contribution is 5.94. The molecular formula is C23H37N5O. The van der Waals surface area contributed by atoms with Gasteiger partial charge in [-0.25, -0.2) is 0 Å². The fourth-order valence-electron chi connectivity index (χ4n) is 4.23. The number of benzene rings is 1. The lowest BCUT2D eigenvalue weighted by Gasteiger charge is -2.26. The van der Waals surface area contributed by atoms with Crippen LogP contribution < -0.4 is 16.0 Å². The molecule has 6 nitrogen and oxygen atoms in total. The van der Waals surface area contributed by atoms with Gasteiger partial charge in [-0.15, -0.1) is 0 Å². The number of hydrogen-bond donors (Lipinski definition) is 3. The summed E-state index contributed by atoms with van der Waals surface area (Å²) in [6.07, 6.45) is 8.34. The van der Waals surface area contributed by atoms with Crippen molar-refractivity contribution in [3.8, 4) is 0 Å². The molecule has 6 heteroatoms. The number of amides is 1. The lowest BCUT2D eigenvalue weighted by molar-refractivity contribution is -0.116. The molecule has 0 spiro atoms. The first-order valence-corrected chi connectivity index (χ1v) is 11.4. The zero-order valence-electron chi connectivity index (χ0n) is 17.9. The molecule has 3 rings (SSSR count). The number of likely N-dealkylation sites (tertiary alicyclic amines) is 1. The van der Waals surface area contributed by atoms with Crippen molar-refractivity contribution in [1.29, 1.82) is 0 Å². The molecular weight excluding hydrogens is 362 g/mol. The van der Waals surface area contributed by atoms with Crippen molar-refractivity contribution in [1.82, 2.24) is 15.5 Å². The minimum atomic E-state index is 0.0792. The molecule has 1 unspecified atom stereocenters. The van der Waals surface area contributed by atoms with Crippen LogP contribution >= 0.6 is 0 Å². The lowest BCUT2D eigenvalue weighted by atomic mass is 9.91. The van der Waals surface area contributed by atoms with Gasteiger partial charge in [0.2, 0.25) is 5.91 Å². The minimum absolute atomic E-state index is 0.0792. The highest BCUT2D eigenvalue weighted by Gasteiger charge is 2.24. The van der Waals surface area contributed by atoms with Gasteiger partial charge in [0, 0.05) is 31.1 Å². The second-order valence-corrected chi connectivity index (χ2v) is 8.15. The van der Waals surface area contributed by atoms with E-state index in [0.717, 1.165) is 31.2 Å². The summed E-state index contributed by atoms with van der Waals surface area (Å²) in [6, 6.07) is 8.05. The summed E-state index contributed by atoms with van der Waals surface area (Å²) in [6.45, 7) is 8.30. The predicted molar refractivity (Wildman–Crippen MR) is 121 cm³/mol. The van der Waals surface area contributed by atoms with Crippen LogP contribution in [0.15, 0.2) is 29.3 Å². The molecule has 1 atom stereocenters. The van der Waals surface area contributed by atoms with E-state index in [0.29, 0.717) is 13.0 Å². The first-order chi connectivity index (χ1) is 14.3. The number of guanidine groups is 1. The summed E-state index contributed by atoms with van der Waals surface area (Å²) in [5.74, 6) is 1.07. The third-order valence-electron chi connectivity index (χ3n) is 5.81. The molecule has 2 aliphatic rings. The summed E-state index contributed by atoms with van der Waals surface area (Å²) in [5.41, 5.74) is 2.11. The maximum Gasteiger partial charge on any atom is 0.225 e. The van der Waals surface area contributed by atoms with Gasteiger partial charge in [0.05, 0.1) is 6.54 Å². The van der Waals surface area contributed by atoms with Gasteiger partial charge in [-0.2, -0.15) is 0 Å². The maximum atomic E-state index is 12.0. The molecule has 0 bridgehead atoms. The van der Waals surface area contributed by atoms with Crippen LogP contribution in [0.1, 0.15) is 63.4 Å². The van der Waals surface area contributed by atoms with Crippen molar-refractivity contribution in [2.24, 2.45) is 4.99 Å². The monoisotopic (exact) mass is 399 g/mol. The molecule has 2 heterocycles. The molecule has 160 valence electrons. The van der Waals surface area contributed by atoms with Gasteiger partial charge in [-0.05, 0) is 63.9 Å². The number of anilines is 1. The first kappa shape index (κ1) is 21.6. The van der Waals surface area contributed by atoms with E-state index in [1.165, 1.54) is 57.3 Å². The van der Waals surface area contributed by atoms with Crippen molar-refractivity contribution >= 4 is 17.6 Å². The van der Waals surface area contributed by atoms with Crippen LogP contribution in [0.4, 0.5) is 5.69 Å². The summed E-state index contributed by atoms with van der Waals surface area (Å²) in [4.78, 5) is 19.4. The Morgan fingerprint density at radius 2 is 1.97 bits per heavy atom. The number of fused-ring (bicyclic) bond motifs is 1. The van der Waals surface area contributed by atoms with E-state index in [-0.39, 0.29) is 11.8 Å². The Hall–Kier alpha value is -2.08. The van der Waals surface area contributed by atoms with E-state index >= 15 is 0 Å². The van der Waals surface area contributed by atoms with Crippen LogP contribution in [0, 0.1) is 0 Å². The van der Waals surface area contributed by atoms with Gasteiger partial charge in [-0.1, -0.05) is 31.0 Å². The zero-order chi connectivity index (χ0) is 20.3. The van der Waals surface area contributed by atoms with E-state index in [4.69, 9.17) is 4.99 Å². The molecule has 3 N–H and O–H groups in total. The average Bonchev–Trinajstić information content (AvgIpc) is 2.74. The number of nitrogens with one attached hydrogen (secondary N) is 3. The Morgan fingerprint density at radius 1 is 1.14 bits per heavy atom. The maximum absolute atomic E-state index is 12.0. The second-order valence-electron chi connectivity index (χ2n) is 8.15. The minimum Gasteiger partial charge on any atom is -0.357 e. The van der Waals surface area contributed by atoms with Gasteiger partial charge in [-0.3, -0.25) is 9.79 Å². The molecule has 1 aromatic rings. The van der Waals surface area contributed by atoms with Crippen LogP contribution in [0.2, 0.25) is 0 Å². The van der Waals surface area contributed by atoms with Crippen LogP contribution in [0.25, 0.3) is 0 Å². The first-order valence-electron chi connectivity index (χ1n) is 11.4. The van der Waals surface area contributed by atoms with Crippen LogP contribution in [0.5, 0.6) is 0 Å². The second kappa shape index (κ2) is 11.8. The number of rotatable bonds is 9. The number of carbonyl (C=O) groups excluding carboxylic acids is 1. The number of hydrogen-bond acceptors (Lipinski definition) is 3. The Kier molecular flexibility index (Phi) is 8.81. The summed E-state index contributed by atoms with van der Waals surface area (Å²) in [7, 11) is 0. The van der Waals surface area contributed by atoms with E-state index < -0.39 is 0 Å². The van der Waals surface area contributed by atoms with Gasteiger partial charge in [0.15, 0.2) is 5.96 Å². The molecule has 1 fully saturated rings. The van der Waals surface area contributed by atoms with Gasteiger partial charge in [0.25, 0.3) is 0 Å². The van der Waals surface area contributed by atoms with E-state index in [1.807, 2.05) is 18.2 Å². The molecule has 1 amide bonds. The zero-order valence-corrected chi connectivity index (χ0v) is 17.9. The van der Waals surface area contributed by atoms with Crippen LogP contribution in [-0.2, 0) is 4.79 Å². The topological polar surface area (TPSA) is 68.8 Å². The highest BCUT2D eigenvalue weighted by Crippen LogP contribution is 2.31. The SMILES string of the molecule is CCNC(=NCC1CC(=O)Nc2ccccc21)NCCCCCN1CCCCC1. The Balaban J connectivity index is 1.41. The largest absolute Gasteiger partial charge is 0.357 e. The number of unbranched alkanes of at least 4 members (excludes halogenated alkanes) is 2. The van der Waals surface area contributed by atoms with Gasteiger partial charge in [0.1, 0.15) is 0 Å². The van der Waals surface area contributed by atoms with E-state index in [2.05, 4.69) is 33.8 Å². The van der Waals surface area contributed by atoms with Crippen molar-refractivity contribution in [3.05, 3.63) is 29.8 Å². The van der Waals surface area contributed by atoms with E-state index in [1.54, 1.807) is 0 Å². The predicted octanol–water partition coefficient (Wildman–Crippen LogP) is 3.32. The number of carbonyl (C=O) groups is 1.